The number of hydrogen-bond donors (Lipinski definition) is 2. The molecular weight excluding hydrogens is 429 g/mol. The van der Waals surface area contributed by atoms with E-state index in [4.69, 9.17) is 10.5 Å². The summed E-state index contributed by atoms with van der Waals surface area (Å²) in [6, 6.07) is 0.370. The van der Waals surface area contributed by atoms with E-state index in [9.17, 15) is 8.42 Å². The zero-order valence-corrected chi connectivity index (χ0v) is 17.1. The van der Waals surface area contributed by atoms with Gasteiger partial charge in [-0.25, -0.2) is 8.42 Å². The lowest BCUT2D eigenvalue weighted by Crippen LogP contribution is -2.47. The molecule has 0 amide bonds. The third-order valence-corrected chi connectivity index (χ3v) is 7.05. The van der Waals surface area contributed by atoms with E-state index in [0.29, 0.717) is 38.1 Å². The Hall–Kier alpha value is -0.0900. The second kappa shape index (κ2) is 9.41. The molecular formula is C15H30IN3O3S. The van der Waals surface area contributed by atoms with Gasteiger partial charge in [-0.05, 0) is 25.7 Å². The van der Waals surface area contributed by atoms with Crippen molar-refractivity contribution in [2.75, 3.05) is 26.0 Å². The molecule has 0 radical (unpaired) electrons. The summed E-state index contributed by atoms with van der Waals surface area (Å²) in [7, 11) is -3.19. The minimum absolute atomic E-state index is 0. The molecule has 0 atom stereocenters. The van der Waals surface area contributed by atoms with E-state index in [-0.39, 0.29) is 30.5 Å². The SMILES string of the molecule is CS(=O)(=O)C1(CN=C(N)NC2CCCCCC2)CCOCC1.I. The van der Waals surface area contributed by atoms with Crippen molar-refractivity contribution in [3.63, 3.8) is 0 Å². The number of aliphatic imine (C=N–C) groups is 1. The monoisotopic (exact) mass is 459 g/mol. The Morgan fingerprint density at radius 2 is 1.78 bits per heavy atom. The van der Waals surface area contributed by atoms with Gasteiger partial charge in [0.05, 0.1) is 11.3 Å². The van der Waals surface area contributed by atoms with Crippen molar-refractivity contribution in [1.29, 1.82) is 0 Å². The highest BCUT2D eigenvalue weighted by atomic mass is 127. The van der Waals surface area contributed by atoms with Crippen molar-refractivity contribution in [3.05, 3.63) is 0 Å². The van der Waals surface area contributed by atoms with Gasteiger partial charge >= 0.3 is 0 Å². The second-order valence-corrected chi connectivity index (χ2v) is 9.01. The highest BCUT2D eigenvalue weighted by Gasteiger charge is 2.42. The first kappa shape index (κ1) is 21.0. The third-order valence-electron chi connectivity index (χ3n) is 4.94. The van der Waals surface area contributed by atoms with Gasteiger partial charge in [-0.3, -0.25) is 4.99 Å². The minimum atomic E-state index is -3.19. The number of hydrogen-bond acceptors (Lipinski definition) is 4. The van der Waals surface area contributed by atoms with Gasteiger partial charge in [0.2, 0.25) is 0 Å². The molecule has 0 aromatic heterocycles. The first-order valence-corrected chi connectivity index (χ1v) is 10.2. The summed E-state index contributed by atoms with van der Waals surface area (Å²) in [5.74, 6) is 0.376. The van der Waals surface area contributed by atoms with Gasteiger partial charge in [0.25, 0.3) is 0 Å². The van der Waals surface area contributed by atoms with Crippen molar-refractivity contribution < 1.29 is 13.2 Å². The number of ether oxygens (including phenoxy) is 1. The Bertz CT molecular complexity index is 482. The lowest BCUT2D eigenvalue weighted by Gasteiger charge is -2.34. The molecule has 8 heteroatoms. The number of sulfone groups is 1. The Balaban J connectivity index is 0.00000264. The summed E-state index contributed by atoms with van der Waals surface area (Å²) < 4.78 is 28.8. The minimum Gasteiger partial charge on any atom is -0.381 e. The van der Waals surface area contributed by atoms with Gasteiger partial charge < -0.3 is 15.8 Å². The van der Waals surface area contributed by atoms with E-state index in [1.165, 1.54) is 31.9 Å². The fraction of sp³-hybridized carbons (Fsp3) is 0.933. The normalized spacial score (nSPS) is 23.6. The van der Waals surface area contributed by atoms with Crippen LogP contribution in [0.1, 0.15) is 51.4 Å². The number of rotatable bonds is 4. The molecule has 1 aliphatic carbocycles. The summed E-state index contributed by atoms with van der Waals surface area (Å²) in [5.41, 5.74) is 5.99. The molecule has 23 heavy (non-hydrogen) atoms. The predicted molar refractivity (Wildman–Crippen MR) is 104 cm³/mol. The maximum absolute atomic E-state index is 12.2. The van der Waals surface area contributed by atoms with Gasteiger partial charge in [0.1, 0.15) is 0 Å². The van der Waals surface area contributed by atoms with Crippen LogP contribution < -0.4 is 11.1 Å². The van der Waals surface area contributed by atoms with Crippen LogP contribution in [0.2, 0.25) is 0 Å². The fourth-order valence-corrected chi connectivity index (χ4v) is 4.50. The number of nitrogens with zero attached hydrogens (tertiary/aromatic N) is 1. The van der Waals surface area contributed by atoms with Gasteiger partial charge in [-0.1, -0.05) is 25.7 Å². The van der Waals surface area contributed by atoms with Crippen LogP contribution in [0.3, 0.4) is 0 Å². The molecule has 1 saturated carbocycles. The van der Waals surface area contributed by atoms with Crippen LogP contribution in [0, 0.1) is 0 Å². The Kier molecular flexibility index (Phi) is 8.57. The van der Waals surface area contributed by atoms with E-state index < -0.39 is 14.6 Å². The van der Waals surface area contributed by atoms with E-state index in [0.717, 1.165) is 12.8 Å². The average molecular weight is 459 g/mol. The number of nitrogens with one attached hydrogen (secondary N) is 1. The molecule has 0 bridgehead atoms. The summed E-state index contributed by atoms with van der Waals surface area (Å²) in [6.45, 7) is 1.16. The van der Waals surface area contributed by atoms with Crippen LogP contribution in [-0.4, -0.2) is 51.2 Å². The third kappa shape index (κ3) is 6.04. The predicted octanol–water partition coefficient (Wildman–Crippen LogP) is 1.83. The molecule has 1 saturated heterocycles. The van der Waals surface area contributed by atoms with E-state index in [1.54, 1.807) is 0 Å². The summed E-state index contributed by atoms with van der Waals surface area (Å²) >= 11 is 0. The lowest BCUT2D eigenvalue weighted by molar-refractivity contribution is 0.0768. The van der Waals surface area contributed by atoms with Gasteiger partial charge in [0.15, 0.2) is 15.8 Å². The standard InChI is InChI=1S/C15H29N3O3S.HI/c1-22(19,20)15(8-10-21-11-9-15)12-17-14(16)18-13-6-4-2-3-5-7-13;/h13H,2-12H2,1H3,(H3,16,17,18);1H. The molecule has 0 aromatic rings. The van der Waals surface area contributed by atoms with Crippen LogP contribution in [0.25, 0.3) is 0 Å². The van der Waals surface area contributed by atoms with Crippen molar-refractivity contribution in [1.82, 2.24) is 5.32 Å². The van der Waals surface area contributed by atoms with E-state index in [1.807, 2.05) is 0 Å². The molecule has 136 valence electrons. The molecule has 0 spiro atoms. The molecule has 0 aromatic carbocycles. The van der Waals surface area contributed by atoms with Crippen LogP contribution in [0.5, 0.6) is 0 Å². The van der Waals surface area contributed by atoms with Crippen molar-refractivity contribution >= 4 is 39.8 Å². The first-order valence-electron chi connectivity index (χ1n) is 8.27. The quantitative estimate of drug-likeness (QED) is 0.290. The number of halogens is 1. The topological polar surface area (TPSA) is 93.8 Å². The summed E-state index contributed by atoms with van der Waals surface area (Å²) in [6.07, 6.45) is 9.51. The maximum atomic E-state index is 12.2. The molecule has 1 heterocycles. The van der Waals surface area contributed by atoms with Crippen molar-refractivity contribution in [2.45, 2.75) is 62.2 Å². The van der Waals surface area contributed by atoms with Crippen LogP contribution in [0.4, 0.5) is 0 Å². The summed E-state index contributed by atoms with van der Waals surface area (Å²) in [5, 5.41) is 3.27. The van der Waals surface area contributed by atoms with E-state index in [2.05, 4.69) is 10.3 Å². The van der Waals surface area contributed by atoms with Crippen molar-refractivity contribution in [2.24, 2.45) is 10.7 Å². The molecule has 0 unspecified atom stereocenters. The Labute approximate surface area is 157 Å². The van der Waals surface area contributed by atoms with E-state index >= 15 is 0 Å². The lowest BCUT2D eigenvalue weighted by atomic mass is 9.99. The van der Waals surface area contributed by atoms with Crippen LogP contribution in [0.15, 0.2) is 4.99 Å². The largest absolute Gasteiger partial charge is 0.381 e. The van der Waals surface area contributed by atoms with Crippen LogP contribution >= 0.6 is 24.0 Å². The fourth-order valence-electron chi connectivity index (χ4n) is 3.30. The molecule has 2 rings (SSSR count). The molecule has 6 nitrogen and oxygen atoms in total. The Morgan fingerprint density at radius 3 is 2.30 bits per heavy atom. The smallest absolute Gasteiger partial charge is 0.188 e. The zero-order chi connectivity index (χ0) is 16.1. The molecule has 1 aliphatic heterocycles. The number of guanidine groups is 1. The first-order chi connectivity index (χ1) is 10.4. The van der Waals surface area contributed by atoms with Gasteiger partial charge in [0, 0.05) is 25.5 Å². The van der Waals surface area contributed by atoms with Gasteiger partial charge in [-0.15, -0.1) is 24.0 Å². The summed E-state index contributed by atoms with van der Waals surface area (Å²) in [4.78, 5) is 4.36. The average Bonchev–Trinajstić information content (AvgIpc) is 2.74. The van der Waals surface area contributed by atoms with Crippen molar-refractivity contribution in [3.8, 4) is 0 Å². The molecule has 2 fully saturated rings. The Morgan fingerprint density at radius 1 is 1.22 bits per heavy atom. The van der Waals surface area contributed by atoms with Gasteiger partial charge in [-0.2, -0.15) is 0 Å². The second-order valence-electron chi connectivity index (χ2n) is 6.60. The van der Waals surface area contributed by atoms with Crippen LogP contribution in [-0.2, 0) is 14.6 Å². The highest BCUT2D eigenvalue weighted by Crippen LogP contribution is 2.29. The maximum Gasteiger partial charge on any atom is 0.188 e. The molecule has 3 N–H and O–H groups in total. The highest BCUT2D eigenvalue weighted by molar-refractivity contribution is 14.0. The molecule has 2 aliphatic rings. The number of nitrogens with two attached hydrogens (primary N) is 1. The zero-order valence-electron chi connectivity index (χ0n) is 13.9.